The molecular weight excluding hydrogens is 156 g/mol. The Morgan fingerprint density at radius 3 is 1.90 bits per heavy atom. The summed E-state index contributed by atoms with van der Waals surface area (Å²) in [6.45, 7) is 3.66. The summed E-state index contributed by atoms with van der Waals surface area (Å²) in [5, 5.41) is 14.9. The Morgan fingerprint density at radius 2 is 1.90 bits per heavy atom. The molecule has 1 unspecified atom stereocenters. The number of halogens is 1. The highest BCUT2D eigenvalue weighted by atomic mass is 35.5. The van der Waals surface area contributed by atoms with Crippen molar-refractivity contribution in [3.63, 3.8) is 0 Å². The maximum absolute atomic E-state index is 9.80. The molecule has 0 heterocycles. The molecule has 0 fully saturated rings. The fourth-order valence-corrected chi connectivity index (χ4v) is 0.175. The van der Waals surface area contributed by atoms with Gasteiger partial charge in [0, 0.05) is 6.61 Å². The lowest BCUT2D eigenvalue weighted by Crippen LogP contribution is -2.10. The molecule has 2 N–H and O–H groups in total. The molecule has 0 saturated heterocycles. The molecule has 0 aliphatic rings. The van der Waals surface area contributed by atoms with Gasteiger partial charge in [0.05, 0.1) is 0 Å². The first-order valence-electron chi connectivity index (χ1n) is 3.07. The minimum atomic E-state index is -0.941. The van der Waals surface area contributed by atoms with Gasteiger partial charge in [0.25, 0.3) is 0 Å². The van der Waals surface area contributed by atoms with Crippen molar-refractivity contribution in [1.29, 1.82) is 0 Å². The number of carboxylic acids is 1. The first-order chi connectivity index (χ1) is 4.59. The summed E-state index contributed by atoms with van der Waals surface area (Å²) in [5.74, 6) is -0.941. The number of carboxylic acid groups (broad SMARTS) is 1. The number of aliphatic carboxylic acids is 1. The SMILES string of the molecule is CCC(Cl)C(=O)O.CCO. The predicted octanol–water partition coefficient (Wildman–Crippen LogP) is 1.09. The van der Waals surface area contributed by atoms with E-state index in [1.165, 1.54) is 0 Å². The van der Waals surface area contributed by atoms with Gasteiger partial charge in [-0.15, -0.1) is 11.6 Å². The summed E-state index contributed by atoms with van der Waals surface area (Å²) in [6.07, 6.45) is 0.483. The Kier molecular flexibility index (Phi) is 10.8. The summed E-state index contributed by atoms with van der Waals surface area (Å²) < 4.78 is 0. The van der Waals surface area contributed by atoms with Crippen LogP contribution >= 0.6 is 11.6 Å². The minimum absolute atomic E-state index is 0.250. The monoisotopic (exact) mass is 168 g/mol. The molecule has 0 amide bonds. The van der Waals surface area contributed by atoms with Crippen LogP contribution in [0.2, 0.25) is 0 Å². The van der Waals surface area contributed by atoms with Crippen LogP contribution in [0, 0.1) is 0 Å². The Bertz CT molecular complexity index is 85.1. The van der Waals surface area contributed by atoms with E-state index in [4.69, 9.17) is 21.8 Å². The molecule has 1 atom stereocenters. The fourth-order valence-electron chi connectivity index (χ4n) is 0.175. The van der Waals surface area contributed by atoms with E-state index >= 15 is 0 Å². The van der Waals surface area contributed by atoms with E-state index in [2.05, 4.69) is 0 Å². The number of carbonyl (C=O) groups is 1. The molecule has 0 bridgehead atoms. The Labute approximate surface area is 65.6 Å². The lowest BCUT2D eigenvalue weighted by Gasteiger charge is -1.93. The summed E-state index contributed by atoms with van der Waals surface area (Å²) in [4.78, 5) is 9.80. The highest BCUT2D eigenvalue weighted by molar-refractivity contribution is 6.29. The van der Waals surface area contributed by atoms with Gasteiger partial charge in [0.15, 0.2) is 0 Å². The normalized spacial score (nSPS) is 11.2. The number of rotatable bonds is 2. The summed E-state index contributed by atoms with van der Waals surface area (Å²) >= 11 is 5.20. The van der Waals surface area contributed by atoms with Crippen molar-refractivity contribution in [1.82, 2.24) is 0 Å². The molecule has 0 rings (SSSR count). The standard InChI is InChI=1S/C4H7ClO2.C2H6O/c1-2-3(5)4(6)7;1-2-3/h3H,2H2,1H3,(H,6,7);3H,2H2,1H3. The average molecular weight is 169 g/mol. The third-order valence-corrected chi connectivity index (χ3v) is 1.12. The number of aliphatic hydroxyl groups is 1. The molecule has 10 heavy (non-hydrogen) atoms. The second-order valence-corrected chi connectivity index (χ2v) is 2.06. The van der Waals surface area contributed by atoms with Crippen LogP contribution in [0.3, 0.4) is 0 Å². The van der Waals surface area contributed by atoms with Crippen LogP contribution in [0.4, 0.5) is 0 Å². The second-order valence-electron chi connectivity index (χ2n) is 1.53. The van der Waals surface area contributed by atoms with Crippen LogP contribution in [0.25, 0.3) is 0 Å². The molecule has 3 nitrogen and oxygen atoms in total. The van der Waals surface area contributed by atoms with E-state index in [0.717, 1.165) is 0 Å². The topological polar surface area (TPSA) is 57.5 Å². The molecule has 4 heteroatoms. The van der Waals surface area contributed by atoms with Crippen LogP contribution in [-0.2, 0) is 4.79 Å². The fraction of sp³-hybridized carbons (Fsp3) is 0.833. The third kappa shape index (κ3) is 10.7. The van der Waals surface area contributed by atoms with Crippen molar-refractivity contribution < 1.29 is 15.0 Å². The van der Waals surface area contributed by atoms with Crippen molar-refractivity contribution in [2.75, 3.05) is 6.61 Å². The molecule has 0 aromatic carbocycles. The van der Waals surface area contributed by atoms with Gasteiger partial charge in [-0.05, 0) is 13.3 Å². The zero-order valence-electron chi connectivity index (χ0n) is 6.17. The largest absolute Gasteiger partial charge is 0.480 e. The van der Waals surface area contributed by atoms with Crippen LogP contribution < -0.4 is 0 Å². The third-order valence-electron chi connectivity index (χ3n) is 0.626. The first-order valence-corrected chi connectivity index (χ1v) is 3.51. The number of hydrogen-bond donors (Lipinski definition) is 2. The van der Waals surface area contributed by atoms with Gasteiger partial charge in [-0.1, -0.05) is 6.92 Å². The Morgan fingerprint density at radius 1 is 1.60 bits per heavy atom. The van der Waals surface area contributed by atoms with Gasteiger partial charge in [0.2, 0.25) is 0 Å². The van der Waals surface area contributed by atoms with E-state index in [1.54, 1.807) is 13.8 Å². The molecule has 0 aliphatic heterocycles. The number of hydrogen-bond acceptors (Lipinski definition) is 2. The highest BCUT2D eigenvalue weighted by Gasteiger charge is 2.08. The van der Waals surface area contributed by atoms with Gasteiger partial charge >= 0.3 is 5.97 Å². The van der Waals surface area contributed by atoms with E-state index in [-0.39, 0.29) is 6.61 Å². The molecular formula is C6H13ClO3. The van der Waals surface area contributed by atoms with Gasteiger partial charge in [-0.2, -0.15) is 0 Å². The summed E-state index contributed by atoms with van der Waals surface area (Å²) in [7, 11) is 0. The summed E-state index contributed by atoms with van der Waals surface area (Å²) in [5.41, 5.74) is 0. The second kappa shape index (κ2) is 8.72. The molecule has 0 spiro atoms. The van der Waals surface area contributed by atoms with Gasteiger partial charge in [-0.25, -0.2) is 0 Å². The minimum Gasteiger partial charge on any atom is -0.480 e. The molecule has 0 saturated carbocycles. The molecule has 0 radical (unpaired) electrons. The Balaban J connectivity index is 0. The zero-order valence-corrected chi connectivity index (χ0v) is 6.93. The molecule has 0 aliphatic carbocycles. The maximum Gasteiger partial charge on any atom is 0.321 e. The summed E-state index contributed by atoms with van der Waals surface area (Å²) in [6, 6.07) is 0. The smallest absolute Gasteiger partial charge is 0.321 e. The van der Waals surface area contributed by atoms with Crippen molar-refractivity contribution >= 4 is 17.6 Å². The van der Waals surface area contributed by atoms with Gasteiger partial charge < -0.3 is 10.2 Å². The highest BCUT2D eigenvalue weighted by Crippen LogP contribution is 1.98. The molecule has 62 valence electrons. The first kappa shape index (κ1) is 12.4. The van der Waals surface area contributed by atoms with E-state index in [1.807, 2.05) is 0 Å². The molecule has 0 aromatic rings. The number of aliphatic hydroxyl groups excluding tert-OH is 1. The van der Waals surface area contributed by atoms with Gasteiger partial charge in [-0.3, -0.25) is 4.79 Å². The van der Waals surface area contributed by atoms with Crippen LogP contribution in [0.1, 0.15) is 20.3 Å². The lowest BCUT2D eigenvalue weighted by atomic mass is 10.3. The van der Waals surface area contributed by atoms with Crippen molar-refractivity contribution in [2.24, 2.45) is 0 Å². The number of alkyl halides is 1. The van der Waals surface area contributed by atoms with E-state index in [9.17, 15) is 4.79 Å². The van der Waals surface area contributed by atoms with Gasteiger partial charge in [0.1, 0.15) is 5.38 Å². The van der Waals surface area contributed by atoms with E-state index in [0.29, 0.717) is 6.42 Å². The quantitative estimate of drug-likeness (QED) is 0.607. The maximum atomic E-state index is 9.80. The lowest BCUT2D eigenvalue weighted by molar-refractivity contribution is -0.136. The van der Waals surface area contributed by atoms with Crippen molar-refractivity contribution in [2.45, 2.75) is 25.6 Å². The average Bonchev–Trinajstić information content (AvgIpc) is 1.88. The zero-order chi connectivity index (χ0) is 8.57. The van der Waals surface area contributed by atoms with Crippen molar-refractivity contribution in [3.05, 3.63) is 0 Å². The van der Waals surface area contributed by atoms with Crippen LogP contribution in [0.5, 0.6) is 0 Å². The van der Waals surface area contributed by atoms with Crippen LogP contribution in [0.15, 0.2) is 0 Å². The molecule has 0 aromatic heterocycles. The Hall–Kier alpha value is -0.280. The van der Waals surface area contributed by atoms with Crippen molar-refractivity contribution in [3.8, 4) is 0 Å². The van der Waals surface area contributed by atoms with E-state index < -0.39 is 11.3 Å². The van der Waals surface area contributed by atoms with Crippen LogP contribution in [-0.4, -0.2) is 28.2 Å². The predicted molar refractivity (Wildman–Crippen MR) is 40.3 cm³/mol.